The predicted molar refractivity (Wildman–Crippen MR) is 85.7 cm³/mol. The van der Waals surface area contributed by atoms with Gasteiger partial charge >= 0.3 is 0 Å². The van der Waals surface area contributed by atoms with Crippen molar-refractivity contribution in [1.82, 2.24) is 14.5 Å². The number of nitrogens with zero attached hydrogens (tertiary/aromatic N) is 3. The van der Waals surface area contributed by atoms with Crippen LogP contribution < -0.4 is 0 Å². The van der Waals surface area contributed by atoms with Gasteiger partial charge in [0.15, 0.2) is 0 Å². The Morgan fingerprint density at radius 1 is 1.05 bits per heavy atom. The highest BCUT2D eigenvalue weighted by molar-refractivity contribution is 5.94. The molecule has 1 aliphatic rings. The maximum Gasteiger partial charge on any atom is 0.253 e. The molecule has 1 aromatic heterocycles. The summed E-state index contributed by atoms with van der Waals surface area (Å²) < 4.78 is 2.20. The lowest BCUT2D eigenvalue weighted by Gasteiger charge is -2.17. The van der Waals surface area contributed by atoms with Crippen molar-refractivity contribution in [3.8, 4) is 0 Å². The molecule has 4 heteroatoms. The summed E-state index contributed by atoms with van der Waals surface area (Å²) in [6.07, 6.45) is 2.87. The Bertz CT molecular complexity index is 809. The molecular weight excluding hydrogens is 274 g/mol. The van der Waals surface area contributed by atoms with Gasteiger partial charge in [-0.3, -0.25) is 4.79 Å². The van der Waals surface area contributed by atoms with Crippen LogP contribution in [0.1, 0.15) is 22.8 Å². The summed E-state index contributed by atoms with van der Waals surface area (Å²) in [4.78, 5) is 18.9. The lowest BCUT2D eigenvalue weighted by molar-refractivity contribution is 0.0788. The molecule has 0 saturated carbocycles. The van der Waals surface area contributed by atoms with Gasteiger partial charge < -0.3 is 9.47 Å². The number of amides is 1. The van der Waals surface area contributed by atoms with Crippen molar-refractivity contribution in [2.24, 2.45) is 0 Å². The van der Waals surface area contributed by atoms with E-state index in [1.807, 2.05) is 59.8 Å². The van der Waals surface area contributed by atoms with Crippen molar-refractivity contribution in [3.05, 3.63) is 66.5 Å². The van der Waals surface area contributed by atoms with Crippen molar-refractivity contribution >= 4 is 16.9 Å². The zero-order valence-electron chi connectivity index (χ0n) is 12.2. The zero-order chi connectivity index (χ0) is 14.9. The average molecular weight is 291 g/mol. The van der Waals surface area contributed by atoms with Crippen molar-refractivity contribution in [2.45, 2.75) is 12.5 Å². The number of hydrogen-bond donors (Lipinski definition) is 0. The Hall–Kier alpha value is -2.62. The summed E-state index contributed by atoms with van der Waals surface area (Å²) in [7, 11) is 0. The number of likely N-dealkylation sites (tertiary alicyclic amines) is 1. The Morgan fingerprint density at radius 2 is 1.82 bits per heavy atom. The van der Waals surface area contributed by atoms with E-state index < -0.39 is 0 Å². The van der Waals surface area contributed by atoms with E-state index in [2.05, 4.69) is 15.6 Å². The first-order chi connectivity index (χ1) is 10.8. The van der Waals surface area contributed by atoms with Crippen LogP contribution in [0.2, 0.25) is 0 Å². The van der Waals surface area contributed by atoms with Gasteiger partial charge in [-0.1, -0.05) is 30.3 Å². The van der Waals surface area contributed by atoms with Crippen LogP contribution in [-0.2, 0) is 0 Å². The van der Waals surface area contributed by atoms with E-state index in [0.29, 0.717) is 6.04 Å². The van der Waals surface area contributed by atoms with Crippen LogP contribution in [0.4, 0.5) is 0 Å². The van der Waals surface area contributed by atoms with Crippen LogP contribution in [0.3, 0.4) is 0 Å². The van der Waals surface area contributed by atoms with E-state index in [4.69, 9.17) is 0 Å². The molecule has 1 fully saturated rings. The number of carbonyl (C=O) groups excluding carboxylic acids is 1. The minimum Gasteiger partial charge on any atom is -0.336 e. The lowest BCUT2D eigenvalue weighted by atomic mass is 10.2. The number of para-hydroxylation sites is 2. The molecule has 0 bridgehead atoms. The SMILES string of the molecule is O=C(c1ccccc1)N1CC[C@@H](n2cnc3ccccc32)C1. The van der Waals surface area contributed by atoms with E-state index in [1.165, 1.54) is 0 Å². The van der Waals surface area contributed by atoms with Crippen LogP contribution in [0.25, 0.3) is 11.0 Å². The molecule has 1 atom stereocenters. The normalized spacial score (nSPS) is 18.0. The summed E-state index contributed by atoms with van der Waals surface area (Å²) in [6, 6.07) is 17.9. The van der Waals surface area contributed by atoms with E-state index in [-0.39, 0.29) is 5.91 Å². The number of aromatic nitrogens is 2. The van der Waals surface area contributed by atoms with Gasteiger partial charge in [0.1, 0.15) is 0 Å². The highest BCUT2D eigenvalue weighted by atomic mass is 16.2. The fraction of sp³-hybridized carbons (Fsp3) is 0.222. The minimum atomic E-state index is 0.118. The van der Waals surface area contributed by atoms with E-state index in [1.54, 1.807) is 0 Å². The molecule has 1 aliphatic heterocycles. The maximum absolute atomic E-state index is 12.5. The van der Waals surface area contributed by atoms with Crippen LogP contribution in [0, 0.1) is 0 Å². The molecule has 1 amide bonds. The second-order valence-electron chi connectivity index (χ2n) is 5.70. The Morgan fingerprint density at radius 3 is 2.68 bits per heavy atom. The van der Waals surface area contributed by atoms with Gasteiger partial charge in [-0.2, -0.15) is 0 Å². The predicted octanol–water partition coefficient (Wildman–Crippen LogP) is 3.12. The third-order valence-corrected chi connectivity index (χ3v) is 4.35. The smallest absolute Gasteiger partial charge is 0.253 e. The average Bonchev–Trinajstić information content (AvgIpc) is 3.21. The fourth-order valence-electron chi connectivity index (χ4n) is 3.19. The number of rotatable bonds is 2. The fourth-order valence-corrected chi connectivity index (χ4v) is 3.19. The summed E-state index contributed by atoms with van der Waals surface area (Å²) in [5.74, 6) is 0.118. The number of fused-ring (bicyclic) bond motifs is 1. The minimum absolute atomic E-state index is 0.118. The molecular formula is C18H17N3O. The van der Waals surface area contributed by atoms with Gasteiger partial charge in [0.05, 0.1) is 23.4 Å². The van der Waals surface area contributed by atoms with Crippen LogP contribution >= 0.6 is 0 Å². The number of benzene rings is 2. The van der Waals surface area contributed by atoms with Crippen LogP contribution in [-0.4, -0.2) is 33.4 Å². The third kappa shape index (κ3) is 2.17. The monoisotopic (exact) mass is 291 g/mol. The third-order valence-electron chi connectivity index (χ3n) is 4.35. The molecule has 0 N–H and O–H groups in total. The molecule has 1 saturated heterocycles. The van der Waals surface area contributed by atoms with Crippen molar-refractivity contribution in [3.63, 3.8) is 0 Å². The molecule has 2 heterocycles. The molecule has 0 radical (unpaired) electrons. The number of carbonyl (C=O) groups is 1. The van der Waals surface area contributed by atoms with E-state index >= 15 is 0 Å². The van der Waals surface area contributed by atoms with Gasteiger partial charge in [0, 0.05) is 18.7 Å². The van der Waals surface area contributed by atoms with E-state index in [9.17, 15) is 4.79 Å². The Balaban J connectivity index is 1.56. The highest BCUT2D eigenvalue weighted by Gasteiger charge is 2.28. The van der Waals surface area contributed by atoms with Crippen LogP contribution in [0.15, 0.2) is 60.9 Å². The quantitative estimate of drug-likeness (QED) is 0.727. The first-order valence-electron chi connectivity index (χ1n) is 7.59. The van der Waals surface area contributed by atoms with Gasteiger partial charge in [-0.05, 0) is 30.7 Å². The van der Waals surface area contributed by atoms with Gasteiger partial charge in [0.2, 0.25) is 0 Å². The van der Waals surface area contributed by atoms with E-state index in [0.717, 1.165) is 36.1 Å². The molecule has 4 nitrogen and oxygen atoms in total. The summed E-state index contributed by atoms with van der Waals surface area (Å²) in [5.41, 5.74) is 2.91. The first kappa shape index (κ1) is 13.1. The topological polar surface area (TPSA) is 38.1 Å². The van der Waals surface area contributed by atoms with Gasteiger partial charge in [-0.25, -0.2) is 4.98 Å². The summed E-state index contributed by atoms with van der Waals surface area (Å²) in [5, 5.41) is 0. The standard InChI is InChI=1S/C18H17N3O/c22-18(14-6-2-1-3-7-14)20-11-10-15(12-20)21-13-19-16-8-4-5-9-17(16)21/h1-9,13,15H,10-12H2/t15-/m1/s1. The Labute approximate surface area is 129 Å². The molecule has 110 valence electrons. The largest absolute Gasteiger partial charge is 0.336 e. The molecule has 2 aromatic carbocycles. The van der Waals surface area contributed by atoms with Crippen molar-refractivity contribution in [2.75, 3.05) is 13.1 Å². The molecule has 0 aliphatic carbocycles. The molecule has 3 aromatic rings. The van der Waals surface area contributed by atoms with Crippen molar-refractivity contribution < 1.29 is 4.79 Å². The van der Waals surface area contributed by atoms with Crippen molar-refractivity contribution in [1.29, 1.82) is 0 Å². The summed E-state index contributed by atoms with van der Waals surface area (Å²) >= 11 is 0. The number of imidazole rings is 1. The highest BCUT2D eigenvalue weighted by Crippen LogP contribution is 2.26. The first-order valence-corrected chi connectivity index (χ1v) is 7.59. The Kier molecular flexibility index (Phi) is 3.15. The molecule has 0 unspecified atom stereocenters. The maximum atomic E-state index is 12.5. The molecule has 0 spiro atoms. The zero-order valence-corrected chi connectivity index (χ0v) is 12.2. The molecule has 22 heavy (non-hydrogen) atoms. The summed E-state index contributed by atoms with van der Waals surface area (Å²) in [6.45, 7) is 1.54. The van der Waals surface area contributed by atoms with Crippen LogP contribution in [0.5, 0.6) is 0 Å². The molecule has 4 rings (SSSR count). The van der Waals surface area contributed by atoms with Gasteiger partial charge in [0.25, 0.3) is 5.91 Å². The van der Waals surface area contributed by atoms with Gasteiger partial charge in [-0.15, -0.1) is 0 Å². The lowest BCUT2D eigenvalue weighted by Crippen LogP contribution is -2.29. The second-order valence-corrected chi connectivity index (χ2v) is 5.70. The number of hydrogen-bond acceptors (Lipinski definition) is 2. The second kappa shape index (κ2) is 5.30.